The molecular formula is C11H19NO. The monoisotopic (exact) mass is 181 g/mol. The second-order valence-electron chi connectivity index (χ2n) is 4.94. The zero-order chi connectivity index (χ0) is 9.95. The Balaban J connectivity index is 2.65. The first-order valence-electron chi connectivity index (χ1n) is 5.11. The van der Waals surface area contributed by atoms with Crippen LogP contribution < -0.4 is 0 Å². The summed E-state index contributed by atoms with van der Waals surface area (Å²) in [4.78, 5) is 0. The van der Waals surface area contributed by atoms with Crippen molar-refractivity contribution in [1.29, 1.82) is 5.26 Å². The Morgan fingerprint density at radius 3 is 2.23 bits per heavy atom. The Kier molecular flexibility index (Phi) is 2.98. The number of rotatable bonds is 2. The molecule has 1 N–H and O–H groups in total. The molecule has 0 radical (unpaired) electrons. The van der Waals surface area contributed by atoms with Crippen LogP contribution in [0.1, 0.15) is 52.4 Å². The van der Waals surface area contributed by atoms with Crippen molar-refractivity contribution in [3.8, 4) is 6.07 Å². The van der Waals surface area contributed by atoms with E-state index in [2.05, 4.69) is 6.07 Å². The van der Waals surface area contributed by atoms with Crippen LogP contribution in [-0.4, -0.2) is 10.7 Å². The molecule has 1 aliphatic carbocycles. The summed E-state index contributed by atoms with van der Waals surface area (Å²) >= 11 is 0. The Labute approximate surface area is 80.6 Å². The van der Waals surface area contributed by atoms with Gasteiger partial charge in [-0.3, -0.25) is 0 Å². The number of hydrogen-bond donors (Lipinski definition) is 1. The van der Waals surface area contributed by atoms with E-state index in [4.69, 9.17) is 5.26 Å². The highest BCUT2D eigenvalue weighted by atomic mass is 16.3. The van der Waals surface area contributed by atoms with Crippen molar-refractivity contribution in [2.24, 2.45) is 5.41 Å². The van der Waals surface area contributed by atoms with Gasteiger partial charge >= 0.3 is 0 Å². The van der Waals surface area contributed by atoms with E-state index in [1.165, 1.54) is 6.42 Å². The molecule has 1 saturated carbocycles. The van der Waals surface area contributed by atoms with Crippen LogP contribution in [0.2, 0.25) is 0 Å². The van der Waals surface area contributed by atoms with Crippen LogP contribution in [0.4, 0.5) is 0 Å². The molecule has 1 fully saturated rings. The summed E-state index contributed by atoms with van der Waals surface area (Å²) in [6, 6.07) is 2.41. The molecule has 74 valence electrons. The SMILES string of the molecule is CC(C)(O)CC1(C#N)CCCCC1. The van der Waals surface area contributed by atoms with Gasteiger partial charge in [-0.05, 0) is 33.1 Å². The lowest BCUT2D eigenvalue weighted by Crippen LogP contribution is -2.32. The van der Waals surface area contributed by atoms with E-state index in [0.29, 0.717) is 6.42 Å². The molecule has 0 aliphatic heterocycles. The minimum Gasteiger partial charge on any atom is -0.390 e. The lowest BCUT2D eigenvalue weighted by atomic mass is 9.69. The standard InChI is InChI=1S/C11H19NO/c1-10(2,13)8-11(9-12)6-4-3-5-7-11/h13H,3-8H2,1-2H3. The highest BCUT2D eigenvalue weighted by Gasteiger charge is 2.36. The van der Waals surface area contributed by atoms with Crippen LogP contribution in [0, 0.1) is 16.7 Å². The third kappa shape index (κ3) is 3.00. The maximum atomic E-state index is 9.72. The lowest BCUT2D eigenvalue weighted by molar-refractivity contribution is 0.0264. The number of aliphatic hydroxyl groups is 1. The minimum absolute atomic E-state index is 0.240. The van der Waals surface area contributed by atoms with Gasteiger partial charge in [-0.1, -0.05) is 19.3 Å². The van der Waals surface area contributed by atoms with E-state index in [1.807, 2.05) is 0 Å². The third-order valence-electron chi connectivity index (χ3n) is 2.82. The van der Waals surface area contributed by atoms with Crippen LogP contribution >= 0.6 is 0 Å². The average molecular weight is 181 g/mol. The van der Waals surface area contributed by atoms with Crippen LogP contribution in [0.5, 0.6) is 0 Å². The molecule has 0 atom stereocenters. The fourth-order valence-corrected chi connectivity index (χ4v) is 2.38. The lowest BCUT2D eigenvalue weighted by Gasteiger charge is -2.35. The molecule has 0 heterocycles. The maximum Gasteiger partial charge on any atom is 0.0690 e. The van der Waals surface area contributed by atoms with E-state index in [9.17, 15) is 5.11 Å². The van der Waals surface area contributed by atoms with Crippen LogP contribution in [-0.2, 0) is 0 Å². The van der Waals surface area contributed by atoms with Crippen molar-refractivity contribution in [3.63, 3.8) is 0 Å². The Bertz CT molecular complexity index is 203. The fraction of sp³-hybridized carbons (Fsp3) is 0.909. The molecule has 2 nitrogen and oxygen atoms in total. The van der Waals surface area contributed by atoms with E-state index >= 15 is 0 Å². The van der Waals surface area contributed by atoms with Gasteiger partial charge in [-0.15, -0.1) is 0 Å². The quantitative estimate of drug-likeness (QED) is 0.711. The third-order valence-corrected chi connectivity index (χ3v) is 2.82. The van der Waals surface area contributed by atoms with Crippen molar-refractivity contribution >= 4 is 0 Å². The number of nitriles is 1. The first kappa shape index (κ1) is 10.5. The van der Waals surface area contributed by atoms with Crippen molar-refractivity contribution in [3.05, 3.63) is 0 Å². The minimum atomic E-state index is -0.701. The summed E-state index contributed by atoms with van der Waals surface area (Å²) in [6.07, 6.45) is 6.08. The van der Waals surface area contributed by atoms with E-state index in [0.717, 1.165) is 25.7 Å². The van der Waals surface area contributed by atoms with Gasteiger partial charge in [0.1, 0.15) is 0 Å². The molecule has 1 aliphatic rings. The topological polar surface area (TPSA) is 44.0 Å². The largest absolute Gasteiger partial charge is 0.390 e. The molecule has 0 aromatic rings. The van der Waals surface area contributed by atoms with Crippen molar-refractivity contribution in [2.75, 3.05) is 0 Å². The molecule has 0 saturated heterocycles. The molecule has 0 unspecified atom stereocenters. The van der Waals surface area contributed by atoms with Crippen LogP contribution in [0.15, 0.2) is 0 Å². The van der Waals surface area contributed by atoms with Gasteiger partial charge in [0, 0.05) is 0 Å². The molecule has 0 bridgehead atoms. The van der Waals surface area contributed by atoms with Gasteiger partial charge in [0.2, 0.25) is 0 Å². The second kappa shape index (κ2) is 3.67. The predicted molar refractivity (Wildman–Crippen MR) is 52.0 cm³/mol. The van der Waals surface area contributed by atoms with Crippen molar-refractivity contribution in [1.82, 2.24) is 0 Å². The first-order chi connectivity index (χ1) is 5.97. The fourth-order valence-electron chi connectivity index (χ4n) is 2.38. The smallest absolute Gasteiger partial charge is 0.0690 e. The number of hydrogen-bond acceptors (Lipinski definition) is 2. The van der Waals surface area contributed by atoms with Gasteiger partial charge in [0.05, 0.1) is 17.1 Å². The molecule has 0 amide bonds. The van der Waals surface area contributed by atoms with Gasteiger partial charge in [0.15, 0.2) is 0 Å². The Morgan fingerprint density at radius 2 is 1.85 bits per heavy atom. The zero-order valence-corrected chi connectivity index (χ0v) is 8.64. The highest BCUT2D eigenvalue weighted by Crippen LogP contribution is 2.41. The van der Waals surface area contributed by atoms with Crippen molar-refractivity contribution in [2.45, 2.75) is 58.0 Å². The normalized spacial score (nSPS) is 22.3. The maximum absolute atomic E-state index is 9.72. The molecule has 13 heavy (non-hydrogen) atoms. The number of nitrogens with zero attached hydrogens (tertiary/aromatic N) is 1. The molecule has 0 aromatic carbocycles. The summed E-state index contributed by atoms with van der Waals surface area (Å²) < 4.78 is 0. The summed E-state index contributed by atoms with van der Waals surface area (Å²) in [5.41, 5.74) is -0.941. The summed E-state index contributed by atoms with van der Waals surface area (Å²) in [5, 5.41) is 18.9. The highest BCUT2D eigenvalue weighted by molar-refractivity contribution is 5.03. The Morgan fingerprint density at radius 1 is 1.31 bits per heavy atom. The molecule has 2 heteroatoms. The zero-order valence-electron chi connectivity index (χ0n) is 8.64. The molecule has 0 aromatic heterocycles. The molecular weight excluding hydrogens is 162 g/mol. The van der Waals surface area contributed by atoms with Crippen LogP contribution in [0.25, 0.3) is 0 Å². The van der Waals surface area contributed by atoms with Gasteiger partial charge in [-0.25, -0.2) is 0 Å². The van der Waals surface area contributed by atoms with Gasteiger partial charge < -0.3 is 5.11 Å². The summed E-state index contributed by atoms with van der Waals surface area (Å²) in [7, 11) is 0. The second-order valence-corrected chi connectivity index (χ2v) is 4.94. The van der Waals surface area contributed by atoms with Gasteiger partial charge in [0.25, 0.3) is 0 Å². The first-order valence-corrected chi connectivity index (χ1v) is 5.11. The van der Waals surface area contributed by atoms with E-state index in [-0.39, 0.29) is 5.41 Å². The van der Waals surface area contributed by atoms with Crippen LogP contribution in [0.3, 0.4) is 0 Å². The van der Waals surface area contributed by atoms with E-state index in [1.54, 1.807) is 13.8 Å². The Hall–Kier alpha value is -0.550. The summed E-state index contributed by atoms with van der Waals surface area (Å²) in [6.45, 7) is 3.58. The molecule has 0 spiro atoms. The molecule has 1 rings (SSSR count). The van der Waals surface area contributed by atoms with Crippen molar-refractivity contribution < 1.29 is 5.11 Å². The average Bonchev–Trinajstić information content (AvgIpc) is 2.03. The predicted octanol–water partition coefficient (Wildman–Crippen LogP) is 2.62. The van der Waals surface area contributed by atoms with E-state index < -0.39 is 5.60 Å². The van der Waals surface area contributed by atoms with Gasteiger partial charge in [-0.2, -0.15) is 5.26 Å². The summed E-state index contributed by atoms with van der Waals surface area (Å²) in [5.74, 6) is 0.